The van der Waals surface area contributed by atoms with Gasteiger partial charge in [-0.3, -0.25) is 4.79 Å². The summed E-state index contributed by atoms with van der Waals surface area (Å²) in [5.74, 6) is -2.25. The molecule has 16 heavy (non-hydrogen) atoms. The van der Waals surface area contributed by atoms with Gasteiger partial charge in [-0.25, -0.2) is 4.79 Å². The first kappa shape index (κ1) is 12.0. The molecule has 0 radical (unpaired) electrons. The van der Waals surface area contributed by atoms with Crippen molar-refractivity contribution < 1.29 is 24.5 Å². The molecule has 0 bridgehead atoms. The van der Waals surface area contributed by atoms with Crippen LogP contribution >= 0.6 is 0 Å². The minimum absolute atomic E-state index is 0.0381. The molecule has 6 heteroatoms. The van der Waals surface area contributed by atoms with Gasteiger partial charge in [-0.1, -0.05) is 6.07 Å². The molecule has 1 aromatic rings. The molecule has 0 unspecified atom stereocenters. The van der Waals surface area contributed by atoms with E-state index in [1.165, 1.54) is 25.3 Å². The van der Waals surface area contributed by atoms with Crippen LogP contribution in [0.15, 0.2) is 18.2 Å². The van der Waals surface area contributed by atoms with Crippen molar-refractivity contribution in [3.63, 3.8) is 0 Å². The van der Waals surface area contributed by atoms with Crippen LogP contribution in [0.25, 0.3) is 0 Å². The fourth-order valence-electron chi connectivity index (χ4n) is 1.22. The van der Waals surface area contributed by atoms with Crippen molar-refractivity contribution in [2.45, 2.75) is 6.04 Å². The summed E-state index contributed by atoms with van der Waals surface area (Å²) < 4.78 is 4.85. The number of aliphatic carboxylic acids is 1. The van der Waals surface area contributed by atoms with Crippen LogP contribution in [-0.4, -0.2) is 29.3 Å². The second kappa shape index (κ2) is 4.63. The fourth-order valence-corrected chi connectivity index (χ4v) is 1.22. The molecule has 0 aliphatic heterocycles. The van der Waals surface area contributed by atoms with E-state index in [-0.39, 0.29) is 16.9 Å². The Morgan fingerprint density at radius 1 is 1.38 bits per heavy atom. The molecule has 0 aliphatic rings. The van der Waals surface area contributed by atoms with Gasteiger partial charge in [0.05, 0.1) is 7.11 Å². The van der Waals surface area contributed by atoms with Gasteiger partial charge >= 0.3 is 11.9 Å². The maximum atomic E-state index is 10.8. The lowest BCUT2D eigenvalue weighted by atomic mass is 10.0. The molecule has 4 N–H and O–H groups in total. The molecule has 86 valence electrons. The number of benzene rings is 1. The van der Waals surface area contributed by atoms with Gasteiger partial charge in [-0.2, -0.15) is 0 Å². The molecule has 0 aromatic heterocycles. The largest absolute Gasteiger partial charge is 0.496 e. The Hall–Kier alpha value is -2.08. The summed E-state index contributed by atoms with van der Waals surface area (Å²) in [7, 11) is 1.30. The van der Waals surface area contributed by atoms with E-state index in [1.54, 1.807) is 0 Å². The topological polar surface area (TPSA) is 110 Å². The number of carboxylic acids is 2. The summed E-state index contributed by atoms with van der Waals surface area (Å²) in [6.07, 6.45) is 0. The lowest BCUT2D eigenvalue weighted by Crippen LogP contribution is -2.20. The Kier molecular flexibility index (Phi) is 3.47. The van der Waals surface area contributed by atoms with Crippen molar-refractivity contribution in [2.75, 3.05) is 7.11 Å². The van der Waals surface area contributed by atoms with Gasteiger partial charge in [0.15, 0.2) is 0 Å². The third-order valence-corrected chi connectivity index (χ3v) is 2.08. The Labute approximate surface area is 91.3 Å². The van der Waals surface area contributed by atoms with Crippen LogP contribution in [0.1, 0.15) is 22.0 Å². The molecule has 1 aromatic carbocycles. The minimum atomic E-state index is -1.20. The predicted octanol–water partition coefficient (Wildman–Crippen LogP) is 0.478. The maximum Gasteiger partial charge on any atom is 0.339 e. The molecule has 0 aliphatic carbocycles. The molecule has 0 spiro atoms. The SMILES string of the molecule is COc1cc([C@H](N)C(=O)O)ccc1C(=O)O. The highest BCUT2D eigenvalue weighted by Gasteiger charge is 2.18. The number of carbonyl (C=O) groups is 2. The van der Waals surface area contributed by atoms with E-state index < -0.39 is 18.0 Å². The number of hydrogen-bond donors (Lipinski definition) is 3. The lowest BCUT2D eigenvalue weighted by molar-refractivity contribution is -0.138. The number of rotatable bonds is 4. The summed E-state index contributed by atoms with van der Waals surface area (Å²) in [6, 6.07) is 2.73. The third-order valence-electron chi connectivity index (χ3n) is 2.08. The number of hydrogen-bond acceptors (Lipinski definition) is 4. The first-order chi connectivity index (χ1) is 7.47. The fraction of sp³-hybridized carbons (Fsp3) is 0.200. The van der Waals surface area contributed by atoms with E-state index in [2.05, 4.69) is 0 Å². The van der Waals surface area contributed by atoms with E-state index in [4.69, 9.17) is 20.7 Å². The Bertz CT molecular complexity index is 429. The van der Waals surface area contributed by atoms with Crippen LogP contribution in [-0.2, 0) is 4.79 Å². The first-order valence-electron chi connectivity index (χ1n) is 4.37. The summed E-state index contributed by atoms with van der Waals surface area (Å²) in [6.45, 7) is 0. The van der Waals surface area contributed by atoms with Gasteiger partial charge in [-0.05, 0) is 17.7 Å². The van der Waals surface area contributed by atoms with Gasteiger partial charge < -0.3 is 20.7 Å². The van der Waals surface area contributed by atoms with Crippen LogP contribution in [0.2, 0.25) is 0 Å². The number of ether oxygens (including phenoxy) is 1. The Balaban J connectivity index is 3.18. The van der Waals surface area contributed by atoms with E-state index in [1.807, 2.05) is 0 Å². The third kappa shape index (κ3) is 2.29. The summed E-state index contributed by atoms with van der Waals surface area (Å²) in [5, 5.41) is 17.5. The molecular weight excluding hydrogens is 214 g/mol. The van der Waals surface area contributed by atoms with Crippen LogP contribution in [0.3, 0.4) is 0 Å². The molecule has 0 fully saturated rings. The van der Waals surface area contributed by atoms with Crippen LogP contribution in [0, 0.1) is 0 Å². The normalized spacial score (nSPS) is 11.9. The van der Waals surface area contributed by atoms with Gasteiger partial charge in [0, 0.05) is 0 Å². The molecule has 0 saturated carbocycles. The van der Waals surface area contributed by atoms with Crippen molar-refractivity contribution in [1.29, 1.82) is 0 Å². The second-order valence-corrected chi connectivity index (χ2v) is 3.08. The maximum absolute atomic E-state index is 10.8. The highest BCUT2D eigenvalue weighted by molar-refractivity contribution is 5.91. The van der Waals surface area contributed by atoms with E-state index in [0.29, 0.717) is 0 Å². The van der Waals surface area contributed by atoms with Crippen LogP contribution < -0.4 is 10.5 Å². The zero-order valence-corrected chi connectivity index (χ0v) is 8.51. The van der Waals surface area contributed by atoms with Crippen molar-refractivity contribution in [1.82, 2.24) is 0 Å². The molecular formula is C10H11NO5. The number of nitrogens with two attached hydrogens (primary N) is 1. The minimum Gasteiger partial charge on any atom is -0.496 e. The van der Waals surface area contributed by atoms with Crippen LogP contribution in [0.5, 0.6) is 5.75 Å². The van der Waals surface area contributed by atoms with Gasteiger partial charge in [0.25, 0.3) is 0 Å². The highest BCUT2D eigenvalue weighted by Crippen LogP contribution is 2.23. The molecule has 1 atom stereocenters. The first-order valence-corrected chi connectivity index (χ1v) is 4.37. The van der Waals surface area contributed by atoms with Crippen molar-refractivity contribution in [3.05, 3.63) is 29.3 Å². The summed E-state index contributed by atoms with van der Waals surface area (Å²) >= 11 is 0. The standard InChI is InChI=1S/C10H11NO5/c1-16-7-4-5(8(11)10(14)15)2-3-6(7)9(12)13/h2-4,8H,11H2,1H3,(H,12,13)(H,14,15)/t8-/m0/s1. The lowest BCUT2D eigenvalue weighted by Gasteiger charge is -2.10. The Morgan fingerprint density at radius 3 is 2.44 bits per heavy atom. The van der Waals surface area contributed by atoms with E-state index in [9.17, 15) is 9.59 Å². The van der Waals surface area contributed by atoms with Gasteiger partial charge in [0.1, 0.15) is 17.4 Å². The summed E-state index contributed by atoms with van der Waals surface area (Å²) in [4.78, 5) is 21.4. The average Bonchev–Trinajstić information content (AvgIpc) is 2.26. The zero-order valence-electron chi connectivity index (χ0n) is 8.51. The van der Waals surface area contributed by atoms with Crippen molar-refractivity contribution in [2.24, 2.45) is 5.73 Å². The van der Waals surface area contributed by atoms with Crippen molar-refractivity contribution in [3.8, 4) is 5.75 Å². The summed E-state index contributed by atoms with van der Waals surface area (Å²) in [5.41, 5.74) is 5.63. The van der Waals surface area contributed by atoms with Crippen molar-refractivity contribution >= 4 is 11.9 Å². The monoisotopic (exact) mass is 225 g/mol. The average molecular weight is 225 g/mol. The van der Waals surface area contributed by atoms with E-state index >= 15 is 0 Å². The molecule has 0 saturated heterocycles. The predicted molar refractivity (Wildman–Crippen MR) is 54.5 cm³/mol. The highest BCUT2D eigenvalue weighted by atomic mass is 16.5. The number of carboxylic acid groups (broad SMARTS) is 2. The Morgan fingerprint density at radius 2 is 2.00 bits per heavy atom. The quantitative estimate of drug-likeness (QED) is 0.687. The molecule has 0 amide bonds. The molecule has 0 heterocycles. The van der Waals surface area contributed by atoms with Gasteiger partial charge in [-0.15, -0.1) is 0 Å². The van der Waals surface area contributed by atoms with E-state index in [0.717, 1.165) is 0 Å². The number of aromatic carboxylic acids is 1. The second-order valence-electron chi connectivity index (χ2n) is 3.08. The smallest absolute Gasteiger partial charge is 0.339 e. The molecule has 1 rings (SSSR count). The van der Waals surface area contributed by atoms with Crippen LogP contribution in [0.4, 0.5) is 0 Å². The molecule has 6 nitrogen and oxygen atoms in total. The zero-order chi connectivity index (χ0) is 12.3. The number of methoxy groups -OCH3 is 1. The van der Waals surface area contributed by atoms with Gasteiger partial charge in [0.2, 0.25) is 0 Å².